The lowest BCUT2D eigenvalue weighted by atomic mass is 10.3. The summed E-state index contributed by atoms with van der Waals surface area (Å²) < 4.78 is 61.7. The van der Waals surface area contributed by atoms with Gasteiger partial charge in [0.1, 0.15) is 10.0 Å². The zero-order valence-corrected chi connectivity index (χ0v) is 12.5. The molecule has 10 heteroatoms. The summed E-state index contributed by atoms with van der Waals surface area (Å²) in [6, 6.07) is 1.22. The normalized spacial score (nSPS) is 12.7. The van der Waals surface area contributed by atoms with Crippen LogP contribution in [-0.2, 0) is 10.0 Å². The Kier molecular flexibility index (Phi) is 5.60. The summed E-state index contributed by atoms with van der Waals surface area (Å²) >= 11 is 8.67. The Morgan fingerprint density at radius 2 is 2.05 bits per heavy atom. The highest BCUT2D eigenvalue weighted by Crippen LogP contribution is 2.23. The Bertz CT molecular complexity index is 551. The molecule has 0 unspecified atom stereocenters. The first-order chi connectivity index (χ1) is 8.62. The molecule has 0 aromatic carbocycles. The van der Waals surface area contributed by atoms with Crippen LogP contribution in [0.5, 0.6) is 0 Å². The minimum Gasteiger partial charge on any atom is -0.242 e. The van der Waals surface area contributed by atoms with Crippen molar-refractivity contribution in [2.24, 2.45) is 0 Å². The van der Waals surface area contributed by atoms with E-state index in [9.17, 15) is 21.6 Å². The molecule has 1 aromatic rings. The second-order valence-corrected chi connectivity index (χ2v) is 6.57. The van der Waals surface area contributed by atoms with Crippen LogP contribution >= 0.6 is 27.5 Å². The van der Waals surface area contributed by atoms with Crippen molar-refractivity contribution < 1.29 is 21.6 Å². The minimum absolute atomic E-state index is 0.244. The van der Waals surface area contributed by atoms with E-state index in [2.05, 4.69) is 20.9 Å². The Balaban J connectivity index is 2.69. The lowest BCUT2D eigenvalue weighted by molar-refractivity contribution is -0.135. The Hall–Kier alpha value is -0.380. The lowest BCUT2D eigenvalue weighted by Crippen LogP contribution is -2.26. The van der Waals surface area contributed by atoms with Gasteiger partial charge in [-0.3, -0.25) is 0 Å². The average molecular weight is 382 g/mol. The predicted molar refractivity (Wildman–Crippen MR) is 67.4 cm³/mol. The molecule has 19 heavy (non-hydrogen) atoms. The van der Waals surface area contributed by atoms with E-state index in [-0.39, 0.29) is 23.0 Å². The molecule has 1 heterocycles. The van der Waals surface area contributed by atoms with Crippen molar-refractivity contribution in [3.63, 3.8) is 0 Å². The van der Waals surface area contributed by atoms with Gasteiger partial charge in [0.25, 0.3) is 0 Å². The van der Waals surface area contributed by atoms with Crippen molar-refractivity contribution in [3.05, 3.63) is 21.9 Å². The molecule has 0 radical (unpaired) electrons. The standard InChI is InChI=1S/C9H9BrClF3N2O2S/c10-6-4-7(8(11)15-5-6)19(17,18)16-3-1-2-9(12,13)14/h4-5,16H,1-3H2. The van der Waals surface area contributed by atoms with Gasteiger partial charge in [-0.2, -0.15) is 13.2 Å². The molecule has 0 aliphatic heterocycles. The van der Waals surface area contributed by atoms with Crippen molar-refractivity contribution >= 4 is 37.6 Å². The van der Waals surface area contributed by atoms with Crippen molar-refractivity contribution in [2.45, 2.75) is 23.9 Å². The minimum atomic E-state index is -4.31. The van der Waals surface area contributed by atoms with Crippen LogP contribution in [0.2, 0.25) is 5.15 Å². The van der Waals surface area contributed by atoms with Crippen LogP contribution in [0.3, 0.4) is 0 Å². The van der Waals surface area contributed by atoms with Crippen molar-refractivity contribution in [2.75, 3.05) is 6.54 Å². The quantitative estimate of drug-likeness (QED) is 0.630. The fraction of sp³-hybridized carbons (Fsp3) is 0.444. The molecule has 0 saturated carbocycles. The third kappa shape index (κ3) is 5.64. The van der Waals surface area contributed by atoms with Crippen LogP contribution in [0.4, 0.5) is 13.2 Å². The molecule has 0 atom stereocenters. The number of rotatable bonds is 5. The van der Waals surface area contributed by atoms with Gasteiger partial charge in [0.2, 0.25) is 10.0 Å². The number of halogens is 5. The van der Waals surface area contributed by atoms with E-state index < -0.39 is 22.6 Å². The molecule has 0 spiro atoms. The maximum Gasteiger partial charge on any atom is 0.389 e. The lowest BCUT2D eigenvalue weighted by Gasteiger charge is -2.09. The largest absolute Gasteiger partial charge is 0.389 e. The van der Waals surface area contributed by atoms with E-state index in [1.54, 1.807) is 0 Å². The highest BCUT2D eigenvalue weighted by molar-refractivity contribution is 9.10. The van der Waals surface area contributed by atoms with Crippen LogP contribution in [0.15, 0.2) is 21.6 Å². The number of sulfonamides is 1. The molecule has 1 aromatic heterocycles. The number of alkyl halides is 3. The summed E-state index contributed by atoms with van der Waals surface area (Å²) in [5.74, 6) is 0. The number of nitrogens with zero attached hydrogens (tertiary/aromatic N) is 1. The van der Waals surface area contributed by atoms with Gasteiger partial charge in [-0.1, -0.05) is 11.6 Å². The topological polar surface area (TPSA) is 59.1 Å². The SMILES string of the molecule is O=S(=O)(NCCCC(F)(F)F)c1cc(Br)cnc1Cl. The monoisotopic (exact) mass is 380 g/mol. The Morgan fingerprint density at radius 3 is 2.63 bits per heavy atom. The number of hydrogen-bond acceptors (Lipinski definition) is 3. The highest BCUT2D eigenvalue weighted by Gasteiger charge is 2.26. The van der Waals surface area contributed by atoms with Gasteiger partial charge in [0.15, 0.2) is 0 Å². The summed E-state index contributed by atoms with van der Waals surface area (Å²) in [4.78, 5) is 3.35. The van der Waals surface area contributed by atoms with Crippen molar-refractivity contribution in [1.82, 2.24) is 9.71 Å². The zero-order chi connectivity index (χ0) is 14.7. The molecule has 0 bridgehead atoms. The number of pyridine rings is 1. The fourth-order valence-electron chi connectivity index (χ4n) is 1.17. The number of hydrogen-bond donors (Lipinski definition) is 1. The van der Waals surface area contributed by atoms with E-state index in [0.717, 1.165) is 0 Å². The van der Waals surface area contributed by atoms with E-state index in [1.807, 2.05) is 4.72 Å². The molecular weight excluding hydrogens is 373 g/mol. The van der Waals surface area contributed by atoms with Crippen LogP contribution < -0.4 is 4.72 Å². The molecule has 0 amide bonds. The van der Waals surface area contributed by atoms with Crippen LogP contribution in [0, 0.1) is 0 Å². The maximum atomic E-state index is 11.9. The average Bonchev–Trinajstić information content (AvgIpc) is 2.26. The van der Waals surface area contributed by atoms with Crippen molar-refractivity contribution in [3.8, 4) is 0 Å². The Labute approximate surface area is 121 Å². The molecule has 0 aliphatic rings. The number of aromatic nitrogens is 1. The van der Waals surface area contributed by atoms with E-state index in [1.165, 1.54) is 12.3 Å². The molecule has 4 nitrogen and oxygen atoms in total. The number of nitrogens with one attached hydrogen (secondary N) is 1. The molecule has 108 valence electrons. The molecule has 1 rings (SSSR count). The summed E-state index contributed by atoms with van der Waals surface area (Å²) in [6.07, 6.45) is -4.40. The van der Waals surface area contributed by atoms with E-state index in [0.29, 0.717) is 4.47 Å². The zero-order valence-electron chi connectivity index (χ0n) is 9.34. The smallest absolute Gasteiger partial charge is 0.242 e. The van der Waals surface area contributed by atoms with Gasteiger partial charge in [-0.05, 0) is 28.4 Å². The molecule has 0 fully saturated rings. The van der Waals surface area contributed by atoms with E-state index in [4.69, 9.17) is 11.6 Å². The Morgan fingerprint density at radius 1 is 1.42 bits per heavy atom. The molecular formula is C9H9BrClF3N2O2S. The summed E-state index contributed by atoms with van der Waals surface area (Å²) in [6.45, 7) is -0.329. The first kappa shape index (κ1) is 16.7. The van der Waals surface area contributed by atoms with Crippen LogP contribution in [0.1, 0.15) is 12.8 Å². The molecule has 1 N–H and O–H groups in total. The third-order valence-corrected chi connectivity index (χ3v) is 4.31. The first-order valence-corrected chi connectivity index (χ1v) is 7.65. The van der Waals surface area contributed by atoms with Gasteiger partial charge in [-0.25, -0.2) is 18.1 Å². The van der Waals surface area contributed by atoms with Gasteiger partial charge in [0.05, 0.1) is 0 Å². The van der Waals surface area contributed by atoms with Crippen LogP contribution in [-0.4, -0.2) is 26.1 Å². The summed E-state index contributed by atoms with van der Waals surface area (Å²) in [7, 11) is -3.97. The van der Waals surface area contributed by atoms with Gasteiger partial charge in [0, 0.05) is 23.6 Å². The van der Waals surface area contributed by atoms with Gasteiger partial charge < -0.3 is 0 Å². The molecule has 0 saturated heterocycles. The van der Waals surface area contributed by atoms with Crippen molar-refractivity contribution in [1.29, 1.82) is 0 Å². The molecule has 0 aliphatic carbocycles. The summed E-state index contributed by atoms with van der Waals surface area (Å²) in [5.41, 5.74) is 0. The van der Waals surface area contributed by atoms with Crippen LogP contribution in [0.25, 0.3) is 0 Å². The predicted octanol–water partition coefficient (Wildman–Crippen LogP) is 3.12. The second-order valence-electron chi connectivity index (χ2n) is 3.56. The van der Waals surface area contributed by atoms with E-state index >= 15 is 0 Å². The first-order valence-electron chi connectivity index (χ1n) is 4.99. The van der Waals surface area contributed by atoms with Gasteiger partial charge >= 0.3 is 6.18 Å². The second kappa shape index (κ2) is 6.38. The summed E-state index contributed by atoms with van der Waals surface area (Å²) in [5, 5.41) is -0.244. The van der Waals surface area contributed by atoms with Gasteiger partial charge in [-0.15, -0.1) is 0 Å². The highest BCUT2D eigenvalue weighted by atomic mass is 79.9. The maximum absolute atomic E-state index is 11.9. The fourth-order valence-corrected chi connectivity index (χ4v) is 3.18. The third-order valence-electron chi connectivity index (χ3n) is 1.99.